The van der Waals surface area contributed by atoms with Gasteiger partial charge in [-0.05, 0) is 36.4 Å². The van der Waals surface area contributed by atoms with E-state index in [4.69, 9.17) is 4.52 Å². The van der Waals surface area contributed by atoms with E-state index in [2.05, 4.69) is 26.1 Å². The molecule has 1 heterocycles. The summed E-state index contributed by atoms with van der Waals surface area (Å²) in [4.78, 5) is 4.39. The maximum absolute atomic E-state index is 5.26. The fraction of sp³-hybridized carbons (Fsp3) is 0. The molecule has 1 aromatic heterocycles. The molecule has 0 aliphatic carbocycles. The van der Waals surface area contributed by atoms with Crippen LogP contribution >= 0.6 is 15.9 Å². The van der Waals surface area contributed by atoms with Gasteiger partial charge in [0, 0.05) is 15.6 Å². The maximum Gasteiger partial charge on any atom is 0.258 e. The number of hydrogen-bond donors (Lipinski definition) is 0. The van der Waals surface area contributed by atoms with E-state index in [1.165, 1.54) is 0 Å². The van der Waals surface area contributed by atoms with Gasteiger partial charge < -0.3 is 4.52 Å². The molecular formula is C14H9BrN2O. The third-order valence-electron chi connectivity index (χ3n) is 2.55. The number of aromatic nitrogens is 2. The molecule has 0 spiro atoms. The SMILES string of the molecule is Brc1ccc(-c2noc(-c3ccccc3)n2)cc1. The molecule has 18 heavy (non-hydrogen) atoms. The quantitative estimate of drug-likeness (QED) is 0.713. The smallest absolute Gasteiger partial charge is 0.258 e. The summed E-state index contributed by atoms with van der Waals surface area (Å²) in [6.45, 7) is 0. The molecule has 0 saturated heterocycles. The van der Waals surface area contributed by atoms with Gasteiger partial charge in [-0.25, -0.2) is 0 Å². The first-order chi connectivity index (χ1) is 8.83. The Labute approximate surface area is 113 Å². The van der Waals surface area contributed by atoms with Crippen LogP contribution in [-0.2, 0) is 0 Å². The van der Waals surface area contributed by atoms with Crippen LogP contribution in [0.25, 0.3) is 22.8 Å². The van der Waals surface area contributed by atoms with Crippen molar-refractivity contribution in [2.45, 2.75) is 0 Å². The Hall–Kier alpha value is -1.94. The molecule has 0 amide bonds. The molecule has 3 rings (SSSR count). The van der Waals surface area contributed by atoms with Crippen molar-refractivity contribution >= 4 is 15.9 Å². The molecule has 0 radical (unpaired) electrons. The van der Waals surface area contributed by atoms with Crippen molar-refractivity contribution in [1.29, 1.82) is 0 Å². The molecule has 0 bridgehead atoms. The van der Waals surface area contributed by atoms with Gasteiger partial charge in [-0.3, -0.25) is 0 Å². The van der Waals surface area contributed by atoms with Gasteiger partial charge in [-0.15, -0.1) is 0 Å². The minimum atomic E-state index is 0.536. The first-order valence-corrected chi connectivity index (χ1v) is 6.27. The summed E-state index contributed by atoms with van der Waals surface area (Å²) in [7, 11) is 0. The van der Waals surface area contributed by atoms with E-state index in [9.17, 15) is 0 Å². The van der Waals surface area contributed by atoms with Crippen LogP contribution in [0, 0.1) is 0 Å². The lowest BCUT2D eigenvalue weighted by Gasteiger charge is -1.93. The van der Waals surface area contributed by atoms with E-state index in [0.717, 1.165) is 15.6 Å². The predicted octanol–water partition coefficient (Wildman–Crippen LogP) is 4.17. The summed E-state index contributed by atoms with van der Waals surface area (Å²) >= 11 is 3.40. The van der Waals surface area contributed by atoms with Crippen LogP contribution in [0.3, 0.4) is 0 Å². The molecule has 0 aliphatic rings. The van der Waals surface area contributed by atoms with Gasteiger partial charge in [0.2, 0.25) is 5.82 Å². The van der Waals surface area contributed by atoms with Gasteiger partial charge in [-0.1, -0.05) is 39.3 Å². The molecule has 0 saturated carbocycles. The summed E-state index contributed by atoms with van der Waals surface area (Å²) in [6.07, 6.45) is 0. The lowest BCUT2D eigenvalue weighted by molar-refractivity contribution is 0.432. The first kappa shape index (κ1) is 11.2. The van der Waals surface area contributed by atoms with Gasteiger partial charge in [0.05, 0.1) is 0 Å². The van der Waals surface area contributed by atoms with Crippen LogP contribution in [0.1, 0.15) is 0 Å². The van der Waals surface area contributed by atoms with Crippen molar-refractivity contribution < 1.29 is 4.52 Å². The zero-order valence-corrected chi connectivity index (χ0v) is 11.0. The Morgan fingerprint density at radius 1 is 0.833 bits per heavy atom. The Kier molecular flexibility index (Phi) is 2.94. The normalized spacial score (nSPS) is 10.5. The average Bonchev–Trinajstić information content (AvgIpc) is 2.90. The van der Waals surface area contributed by atoms with Crippen molar-refractivity contribution in [3.63, 3.8) is 0 Å². The van der Waals surface area contributed by atoms with Crippen molar-refractivity contribution in [2.24, 2.45) is 0 Å². The fourth-order valence-corrected chi connectivity index (χ4v) is 1.90. The van der Waals surface area contributed by atoms with Gasteiger partial charge in [0.15, 0.2) is 0 Å². The van der Waals surface area contributed by atoms with Crippen LogP contribution in [0.2, 0.25) is 0 Å². The van der Waals surface area contributed by atoms with Crippen molar-refractivity contribution in [3.8, 4) is 22.8 Å². The van der Waals surface area contributed by atoms with E-state index in [0.29, 0.717) is 11.7 Å². The average molecular weight is 301 g/mol. The van der Waals surface area contributed by atoms with E-state index >= 15 is 0 Å². The molecule has 88 valence electrons. The first-order valence-electron chi connectivity index (χ1n) is 5.48. The van der Waals surface area contributed by atoms with Gasteiger partial charge in [0.1, 0.15) is 0 Å². The second kappa shape index (κ2) is 4.74. The Bertz CT molecular complexity index is 647. The molecule has 2 aromatic carbocycles. The molecule has 0 fully saturated rings. The summed E-state index contributed by atoms with van der Waals surface area (Å²) < 4.78 is 6.29. The van der Waals surface area contributed by atoms with Crippen molar-refractivity contribution in [3.05, 3.63) is 59.1 Å². The highest BCUT2D eigenvalue weighted by atomic mass is 79.9. The second-order valence-electron chi connectivity index (χ2n) is 3.80. The Morgan fingerprint density at radius 3 is 2.28 bits per heavy atom. The highest BCUT2D eigenvalue weighted by molar-refractivity contribution is 9.10. The van der Waals surface area contributed by atoms with Gasteiger partial charge in [0.25, 0.3) is 5.89 Å². The summed E-state index contributed by atoms with van der Waals surface area (Å²) in [5, 5.41) is 3.99. The van der Waals surface area contributed by atoms with Crippen LogP contribution in [0.4, 0.5) is 0 Å². The van der Waals surface area contributed by atoms with Crippen LogP contribution in [0.5, 0.6) is 0 Å². The zero-order chi connectivity index (χ0) is 12.4. The summed E-state index contributed by atoms with van der Waals surface area (Å²) in [5.74, 6) is 1.13. The van der Waals surface area contributed by atoms with E-state index in [-0.39, 0.29) is 0 Å². The Morgan fingerprint density at radius 2 is 1.56 bits per heavy atom. The molecule has 4 heteroatoms. The van der Waals surface area contributed by atoms with Gasteiger partial charge >= 0.3 is 0 Å². The van der Waals surface area contributed by atoms with E-state index in [1.807, 2.05) is 54.6 Å². The molecule has 0 aliphatic heterocycles. The highest BCUT2D eigenvalue weighted by Gasteiger charge is 2.09. The second-order valence-corrected chi connectivity index (χ2v) is 4.71. The van der Waals surface area contributed by atoms with Crippen LogP contribution < -0.4 is 0 Å². The molecule has 3 nitrogen and oxygen atoms in total. The molecule has 0 atom stereocenters. The topological polar surface area (TPSA) is 38.9 Å². The molecule has 0 unspecified atom stereocenters. The predicted molar refractivity (Wildman–Crippen MR) is 72.9 cm³/mol. The van der Waals surface area contributed by atoms with Crippen LogP contribution in [-0.4, -0.2) is 10.1 Å². The largest absolute Gasteiger partial charge is 0.334 e. The summed E-state index contributed by atoms with van der Waals surface area (Å²) in [5.41, 5.74) is 1.86. The highest BCUT2D eigenvalue weighted by Crippen LogP contribution is 2.23. The monoisotopic (exact) mass is 300 g/mol. The fourth-order valence-electron chi connectivity index (χ4n) is 1.64. The van der Waals surface area contributed by atoms with Crippen molar-refractivity contribution in [1.82, 2.24) is 10.1 Å². The lowest BCUT2D eigenvalue weighted by atomic mass is 10.2. The molecular weight excluding hydrogens is 292 g/mol. The zero-order valence-electron chi connectivity index (χ0n) is 9.38. The molecule has 0 N–H and O–H groups in total. The summed E-state index contributed by atoms with van der Waals surface area (Å²) in [6, 6.07) is 17.5. The minimum absolute atomic E-state index is 0.536. The standard InChI is InChI=1S/C14H9BrN2O/c15-12-8-6-10(7-9-12)13-16-14(18-17-13)11-4-2-1-3-5-11/h1-9H. The number of benzene rings is 2. The number of halogens is 1. The third-order valence-corrected chi connectivity index (χ3v) is 3.08. The van der Waals surface area contributed by atoms with E-state index < -0.39 is 0 Å². The number of nitrogens with zero attached hydrogens (tertiary/aromatic N) is 2. The number of rotatable bonds is 2. The number of hydrogen-bond acceptors (Lipinski definition) is 3. The van der Waals surface area contributed by atoms with Gasteiger partial charge in [-0.2, -0.15) is 4.98 Å². The molecule has 3 aromatic rings. The minimum Gasteiger partial charge on any atom is -0.334 e. The van der Waals surface area contributed by atoms with Crippen molar-refractivity contribution in [2.75, 3.05) is 0 Å². The lowest BCUT2D eigenvalue weighted by Crippen LogP contribution is -1.80. The Balaban J connectivity index is 1.97. The van der Waals surface area contributed by atoms with E-state index in [1.54, 1.807) is 0 Å². The third kappa shape index (κ3) is 2.19. The maximum atomic E-state index is 5.26. The van der Waals surface area contributed by atoms with Crippen LogP contribution in [0.15, 0.2) is 63.6 Å².